The van der Waals surface area contributed by atoms with Gasteiger partial charge in [-0.25, -0.2) is 0 Å². The summed E-state index contributed by atoms with van der Waals surface area (Å²) < 4.78 is 8.32. The van der Waals surface area contributed by atoms with Crippen molar-refractivity contribution in [3.05, 3.63) is 36.4 Å². The van der Waals surface area contributed by atoms with Gasteiger partial charge in [-0.3, -0.25) is 19.0 Å². The molecular weight excluding hydrogens is 336 g/mol. The number of nitrogens with zero attached hydrogens (tertiary/aromatic N) is 5. The lowest BCUT2D eigenvalue weighted by Crippen LogP contribution is -2.56. The predicted octanol–water partition coefficient (Wildman–Crippen LogP) is 0.0107. The second-order valence-corrected chi connectivity index (χ2v) is 6.43. The maximum atomic E-state index is 12.9. The molecule has 0 radical (unpaired) electrons. The van der Waals surface area contributed by atoms with Gasteiger partial charge in [-0.05, 0) is 18.9 Å². The molecule has 0 spiro atoms. The zero-order valence-electron chi connectivity index (χ0n) is 15.1. The Hall–Kier alpha value is -2.68. The van der Waals surface area contributed by atoms with E-state index in [1.807, 2.05) is 0 Å². The van der Waals surface area contributed by atoms with Gasteiger partial charge in [0.2, 0.25) is 5.91 Å². The van der Waals surface area contributed by atoms with Crippen LogP contribution in [0.3, 0.4) is 0 Å². The molecule has 0 aliphatic carbocycles. The number of nitrogens with one attached hydrogen (secondary N) is 1. The minimum atomic E-state index is -0.789. The summed E-state index contributed by atoms with van der Waals surface area (Å²) in [7, 11) is 3.37. The summed E-state index contributed by atoms with van der Waals surface area (Å²) >= 11 is 0. The highest BCUT2D eigenvalue weighted by atomic mass is 16.5. The Morgan fingerprint density at radius 2 is 2.08 bits per heavy atom. The van der Waals surface area contributed by atoms with E-state index in [0.717, 1.165) is 0 Å². The molecule has 3 heterocycles. The summed E-state index contributed by atoms with van der Waals surface area (Å²) in [6, 6.07) is 1.80. The van der Waals surface area contributed by atoms with E-state index >= 15 is 0 Å². The van der Waals surface area contributed by atoms with Gasteiger partial charge in [0.1, 0.15) is 5.54 Å². The van der Waals surface area contributed by atoms with Gasteiger partial charge in [0, 0.05) is 52.4 Å². The molecule has 0 bridgehead atoms. The Kier molecular flexibility index (Phi) is 5.36. The number of piperidine rings is 1. The summed E-state index contributed by atoms with van der Waals surface area (Å²) in [6.45, 7) is 1.85. The molecule has 1 aliphatic heterocycles. The number of carbonyl (C=O) groups excluding carboxylic acids is 2. The van der Waals surface area contributed by atoms with E-state index in [4.69, 9.17) is 4.74 Å². The summed E-state index contributed by atoms with van der Waals surface area (Å²) in [6.07, 6.45) is 7.73. The van der Waals surface area contributed by atoms with Crippen LogP contribution in [0.2, 0.25) is 0 Å². The summed E-state index contributed by atoms with van der Waals surface area (Å²) in [4.78, 5) is 27.3. The highest BCUT2D eigenvalue weighted by Crippen LogP contribution is 2.30. The van der Waals surface area contributed by atoms with E-state index in [1.54, 1.807) is 59.3 Å². The van der Waals surface area contributed by atoms with Crippen LogP contribution in [0.4, 0.5) is 0 Å². The predicted molar refractivity (Wildman–Crippen MR) is 93.4 cm³/mol. The topological polar surface area (TPSA) is 94.3 Å². The van der Waals surface area contributed by atoms with E-state index in [1.165, 1.54) is 0 Å². The maximum Gasteiger partial charge on any atom is 0.257 e. The van der Waals surface area contributed by atoms with E-state index in [9.17, 15) is 9.59 Å². The first-order valence-electron chi connectivity index (χ1n) is 8.62. The standard InChI is InChI=1S/C17H24N6O3/c1-21-13-14(12-20-21)15(24)22-9-4-17(5-10-22,23-8-3-6-19-23)16(25)18-7-11-26-2/h3,6,8,12-13H,4-5,7,9-11H2,1-2H3,(H,18,25). The van der Waals surface area contributed by atoms with Gasteiger partial charge in [0.15, 0.2) is 0 Å². The van der Waals surface area contributed by atoms with E-state index in [2.05, 4.69) is 15.5 Å². The molecule has 1 fully saturated rings. The van der Waals surface area contributed by atoms with Gasteiger partial charge in [-0.15, -0.1) is 0 Å². The first-order chi connectivity index (χ1) is 12.6. The van der Waals surface area contributed by atoms with Crippen LogP contribution in [0, 0.1) is 0 Å². The number of likely N-dealkylation sites (tertiary alicyclic amines) is 1. The average molecular weight is 360 g/mol. The summed E-state index contributed by atoms with van der Waals surface area (Å²) in [5.41, 5.74) is -0.230. The number of carbonyl (C=O) groups is 2. The Bertz CT molecular complexity index is 746. The van der Waals surface area contributed by atoms with Crippen molar-refractivity contribution in [1.29, 1.82) is 0 Å². The number of amides is 2. The molecule has 26 heavy (non-hydrogen) atoms. The van der Waals surface area contributed by atoms with Crippen LogP contribution in [-0.4, -0.2) is 69.6 Å². The first-order valence-corrected chi connectivity index (χ1v) is 8.62. The molecule has 0 aromatic carbocycles. The quantitative estimate of drug-likeness (QED) is 0.733. The number of ether oxygens (including phenoxy) is 1. The fraction of sp³-hybridized carbons (Fsp3) is 0.529. The average Bonchev–Trinajstić information content (AvgIpc) is 3.33. The Morgan fingerprint density at radius 1 is 1.31 bits per heavy atom. The van der Waals surface area contributed by atoms with Crippen molar-refractivity contribution in [3.63, 3.8) is 0 Å². The van der Waals surface area contributed by atoms with Crippen LogP contribution in [0.1, 0.15) is 23.2 Å². The van der Waals surface area contributed by atoms with Crippen molar-refractivity contribution in [2.75, 3.05) is 33.4 Å². The minimum absolute atomic E-state index is 0.0630. The second kappa shape index (κ2) is 7.69. The van der Waals surface area contributed by atoms with E-state index in [-0.39, 0.29) is 11.8 Å². The smallest absolute Gasteiger partial charge is 0.257 e. The van der Waals surface area contributed by atoms with Crippen molar-refractivity contribution in [3.8, 4) is 0 Å². The molecule has 3 rings (SSSR count). The lowest BCUT2D eigenvalue weighted by atomic mass is 9.86. The molecule has 0 saturated carbocycles. The molecule has 0 atom stereocenters. The number of rotatable bonds is 6. The van der Waals surface area contributed by atoms with E-state index < -0.39 is 5.54 Å². The Labute approximate surface area is 151 Å². The van der Waals surface area contributed by atoms with Crippen LogP contribution in [0.25, 0.3) is 0 Å². The van der Waals surface area contributed by atoms with Crippen molar-refractivity contribution >= 4 is 11.8 Å². The van der Waals surface area contributed by atoms with Gasteiger partial charge in [0.25, 0.3) is 5.91 Å². The van der Waals surface area contributed by atoms with Gasteiger partial charge >= 0.3 is 0 Å². The normalized spacial score (nSPS) is 16.5. The number of aromatic nitrogens is 4. The van der Waals surface area contributed by atoms with Crippen LogP contribution >= 0.6 is 0 Å². The molecule has 1 aliphatic rings. The number of aryl methyl sites for hydroxylation is 1. The lowest BCUT2D eigenvalue weighted by Gasteiger charge is -2.40. The fourth-order valence-corrected chi connectivity index (χ4v) is 3.31. The van der Waals surface area contributed by atoms with Crippen molar-refractivity contribution in [2.24, 2.45) is 7.05 Å². The molecule has 2 aromatic rings. The van der Waals surface area contributed by atoms with Gasteiger partial charge in [-0.2, -0.15) is 10.2 Å². The molecule has 2 aromatic heterocycles. The molecule has 2 amide bonds. The zero-order valence-corrected chi connectivity index (χ0v) is 15.1. The third-order valence-corrected chi connectivity index (χ3v) is 4.79. The van der Waals surface area contributed by atoms with Crippen LogP contribution in [-0.2, 0) is 22.1 Å². The highest BCUT2D eigenvalue weighted by Gasteiger charge is 2.44. The number of hydrogen-bond acceptors (Lipinski definition) is 5. The molecule has 9 heteroatoms. The first kappa shape index (κ1) is 18.1. The third-order valence-electron chi connectivity index (χ3n) is 4.79. The molecular formula is C17H24N6O3. The second-order valence-electron chi connectivity index (χ2n) is 6.43. The molecule has 9 nitrogen and oxygen atoms in total. The molecule has 1 N–H and O–H groups in total. The summed E-state index contributed by atoms with van der Waals surface area (Å²) in [5.74, 6) is -0.154. The molecule has 1 saturated heterocycles. The summed E-state index contributed by atoms with van der Waals surface area (Å²) in [5, 5.41) is 11.3. The SMILES string of the molecule is COCCNC(=O)C1(n2cccn2)CCN(C(=O)c2cnn(C)c2)CC1. The van der Waals surface area contributed by atoms with Gasteiger partial charge in [-0.1, -0.05) is 0 Å². The van der Waals surface area contributed by atoms with Gasteiger partial charge in [0.05, 0.1) is 18.4 Å². The Morgan fingerprint density at radius 3 is 2.65 bits per heavy atom. The third kappa shape index (κ3) is 3.48. The van der Waals surface area contributed by atoms with Crippen molar-refractivity contribution in [2.45, 2.75) is 18.4 Å². The largest absolute Gasteiger partial charge is 0.383 e. The monoisotopic (exact) mass is 360 g/mol. The van der Waals surface area contributed by atoms with Crippen LogP contribution < -0.4 is 5.32 Å². The van der Waals surface area contributed by atoms with Crippen molar-refractivity contribution in [1.82, 2.24) is 29.8 Å². The van der Waals surface area contributed by atoms with Gasteiger partial charge < -0.3 is 15.0 Å². The van der Waals surface area contributed by atoms with Crippen LogP contribution in [0.15, 0.2) is 30.9 Å². The molecule has 0 unspecified atom stereocenters. The van der Waals surface area contributed by atoms with Crippen molar-refractivity contribution < 1.29 is 14.3 Å². The zero-order chi connectivity index (χ0) is 18.6. The van der Waals surface area contributed by atoms with E-state index in [0.29, 0.717) is 44.6 Å². The Balaban J connectivity index is 1.73. The highest BCUT2D eigenvalue weighted by molar-refractivity contribution is 5.94. The number of hydrogen-bond donors (Lipinski definition) is 1. The van der Waals surface area contributed by atoms with Crippen LogP contribution in [0.5, 0.6) is 0 Å². The maximum absolute atomic E-state index is 12.9. The lowest BCUT2D eigenvalue weighted by molar-refractivity contribution is -0.133. The minimum Gasteiger partial charge on any atom is -0.383 e. The fourth-order valence-electron chi connectivity index (χ4n) is 3.31. The number of methoxy groups -OCH3 is 1. The molecule has 140 valence electrons.